The molecule has 2 nitrogen and oxygen atoms in total. The van der Waals surface area contributed by atoms with Gasteiger partial charge in [0.15, 0.2) is 5.78 Å². The number of terminal acetylenes is 1. The van der Waals surface area contributed by atoms with Crippen LogP contribution in [0.2, 0.25) is 0 Å². The number of ketones is 1. The molecule has 0 aromatic heterocycles. The highest BCUT2D eigenvalue weighted by Gasteiger charge is 2.64. The van der Waals surface area contributed by atoms with Gasteiger partial charge in [-0.25, -0.2) is 0 Å². The number of hydrogen-bond acceptors (Lipinski definition) is 2. The third kappa shape index (κ3) is 1.91. The maximum absolute atomic E-state index is 11.8. The summed E-state index contributed by atoms with van der Waals surface area (Å²) in [5.74, 6) is 5.13. The van der Waals surface area contributed by atoms with Crippen LogP contribution in [-0.2, 0) is 4.79 Å². The quantitative estimate of drug-likeness (QED) is 0.583. The second kappa shape index (κ2) is 5.33. The van der Waals surface area contributed by atoms with E-state index in [1.165, 1.54) is 11.1 Å². The van der Waals surface area contributed by atoms with E-state index in [2.05, 4.69) is 19.4 Å². The predicted molar refractivity (Wildman–Crippen MR) is 95.0 cm³/mol. The Labute approximate surface area is 145 Å². The van der Waals surface area contributed by atoms with Gasteiger partial charge in [-0.15, -0.1) is 6.42 Å². The number of carbonyl (C=O) groups is 1. The smallest absolute Gasteiger partial charge is 0.155 e. The fraction of sp³-hybridized carbons (Fsp3) is 0.682. The number of fused-ring (bicyclic) bond motifs is 5. The maximum atomic E-state index is 11.8. The van der Waals surface area contributed by atoms with Crippen LogP contribution in [0, 0.1) is 41.4 Å². The third-order valence-electron chi connectivity index (χ3n) is 7.94. The summed E-state index contributed by atoms with van der Waals surface area (Å²) in [5.41, 5.74) is 1.48. The van der Waals surface area contributed by atoms with Gasteiger partial charge in [-0.3, -0.25) is 4.79 Å². The third-order valence-corrected chi connectivity index (χ3v) is 7.94. The van der Waals surface area contributed by atoms with Crippen LogP contribution in [0.15, 0.2) is 23.8 Å². The van der Waals surface area contributed by atoms with Crippen LogP contribution in [0.25, 0.3) is 0 Å². The van der Waals surface area contributed by atoms with Gasteiger partial charge < -0.3 is 5.11 Å². The number of aliphatic hydroxyl groups is 1. The van der Waals surface area contributed by atoms with Gasteiger partial charge in [0.2, 0.25) is 0 Å². The Bertz CT molecular complexity index is 666. The molecular weight excluding hydrogens is 296 g/mol. The molecule has 0 saturated heterocycles. The van der Waals surface area contributed by atoms with Crippen LogP contribution in [-0.4, -0.2) is 16.5 Å². The summed E-state index contributed by atoms with van der Waals surface area (Å²) in [5, 5.41) is 11.2. The average molecular weight is 324 g/mol. The first-order valence-corrected chi connectivity index (χ1v) is 9.57. The molecular formula is C22H28O2. The Morgan fingerprint density at radius 3 is 2.88 bits per heavy atom. The molecule has 0 heterocycles. The summed E-state index contributed by atoms with van der Waals surface area (Å²) >= 11 is 0. The first-order valence-electron chi connectivity index (χ1n) is 9.57. The lowest BCUT2D eigenvalue weighted by Crippen LogP contribution is -2.54. The van der Waals surface area contributed by atoms with Gasteiger partial charge in [-0.2, -0.15) is 0 Å². The summed E-state index contributed by atoms with van der Waals surface area (Å²) in [7, 11) is 0. The second-order valence-electron chi connectivity index (χ2n) is 8.55. The molecule has 3 saturated carbocycles. The van der Waals surface area contributed by atoms with Crippen molar-refractivity contribution >= 4 is 5.78 Å². The van der Waals surface area contributed by atoms with Crippen molar-refractivity contribution in [2.24, 2.45) is 29.1 Å². The normalized spacial score (nSPS) is 47.3. The van der Waals surface area contributed by atoms with E-state index in [9.17, 15) is 9.90 Å². The lowest BCUT2D eigenvalue weighted by molar-refractivity contribution is -0.116. The van der Waals surface area contributed by atoms with Gasteiger partial charge in [-0.05, 0) is 74.7 Å². The van der Waals surface area contributed by atoms with Crippen molar-refractivity contribution in [1.29, 1.82) is 0 Å². The number of allylic oxidation sites excluding steroid dienone is 2. The summed E-state index contributed by atoms with van der Waals surface area (Å²) in [4.78, 5) is 11.8. The molecule has 0 radical (unpaired) electrons. The minimum Gasteiger partial charge on any atom is -0.377 e. The molecule has 24 heavy (non-hydrogen) atoms. The van der Waals surface area contributed by atoms with Crippen molar-refractivity contribution in [1.82, 2.24) is 0 Å². The van der Waals surface area contributed by atoms with Crippen LogP contribution in [0.4, 0.5) is 0 Å². The van der Waals surface area contributed by atoms with Gasteiger partial charge in [0, 0.05) is 11.8 Å². The Kier molecular flexibility index (Phi) is 3.59. The molecule has 0 bridgehead atoms. The van der Waals surface area contributed by atoms with E-state index in [-0.39, 0.29) is 5.41 Å². The molecule has 4 rings (SSSR count). The molecule has 0 amide bonds. The van der Waals surface area contributed by atoms with Crippen molar-refractivity contribution in [2.45, 2.75) is 63.9 Å². The first kappa shape index (κ1) is 16.2. The average Bonchev–Trinajstić information content (AvgIpc) is 2.88. The highest BCUT2D eigenvalue weighted by molar-refractivity contribution is 5.91. The minimum absolute atomic E-state index is 0.189. The summed E-state index contributed by atoms with van der Waals surface area (Å²) in [6, 6.07) is 0. The van der Waals surface area contributed by atoms with E-state index in [1.807, 2.05) is 6.08 Å². The maximum Gasteiger partial charge on any atom is 0.155 e. The standard InChI is InChI=1S/C22H28O2/c1-4-21-13-14(3)20-17-9-7-16(23)12-15(17)6-8-18(20)19(21)10-11-22(21,24)5-2/h2,12,17-20,24H,3-4,6-11,13H2,1H3/t17?,18?,19?,20?,21-,22?/m0/s1. The largest absolute Gasteiger partial charge is 0.377 e. The Balaban J connectivity index is 1.74. The highest BCUT2D eigenvalue weighted by atomic mass is 16.3. The Morgan fingerprint density at radius 1 is 1.38 bits per heavy atom. The predicted octanol–water partition coefficient (Wildman–Crippen LogP) is 4.05. The molecule has 0 aromatic carbocycles. The van der Waals surface area contributed by atoms with Gasteiger partial charge >= 0.3 is 0 Å². The molecule has 0 aliphatic heterocycles. The molecule has 6 atom stereocenters. The summed E-state index contributed by atoms with van der Waals surface area (Å²) in [6.45, 7) is 6.65. The van der Waals surface area contributed by atoms with E-state index >= 15 is 0 Å². The van der Waals surface area contributed by atoms with Crippen molar-refractivity contribution in [3.8, 4) is 12.3 Å². The molecule has 1 N–H and O–H groups in total. The van der Waals surface area contributed by atoms with E-state index in [4.69, 9.17) is 6.42 Å². The second-order valence-corrected chi connectivity index (χ2v) is 8.55. The topological polar surface area (TPSA) is 37.3 Å². The van der Waals surface area contributed by atoms with Crippen LogP contribution in [0.5, 0.6) is 0 Å². The van der Waals surface area contributed by atoms with E-state index in [0.717, 1.165) is 44.9 Å². The van der Waals surface area contributed by atoms with Gasteiger partial charge in [0.1, 0.15) is 5.60 Å². The van der Waals surface area contributed by atoms with Crippen molar-refractivity contribution in [3.63, 3.8) is 0 Å². The lowest BCUT2D eigenvalue weighted by atomic mass is 9.48. The Hall–Kier alpha value is -1.33. The molecule has 3 fully saturated rings. The Morgan fingerprint density at radius 2 is 2.17 bits per heavy atom. The summed E-state index contributed by atoms with van der Waals surface area (Å²) in [6.07, 6.45) is 15.1. The van der Waals surface area contributed by atoms with Gasteiger partial charge in [0.25, 0.3) is 0 Å². The minimum atomic E-state index is -0.973. The zero-order valence-corrected chi connectivity index (χ0v) is 14.7. The van der Waals surface area contributed by atoms with Crippen molar-refractivity contribution < 1.29 is 9.90 Å². The van der Waals surface area contributed by atoms with Gasteiger partial charge in [0.05, 0.1) is 0 Å². The van der Waals surface area contributed by atoms with Crippen LogP contribution in [0.3, 0.4) is 0 Å². The SMILES string of the molecule is C#CC1(O)CCC2C3CCC4=CC(=O)CCC4C3C(=C)C[C@@]21CC. The van der Waals surface area contributed by atoms with E-state index < -0.39 is 5.60 Å². The van der Waals surface area contributed by atoms with Crippen LogP contribution in [0.1, 0.15) is 58.3 Å². The number of carbonyl (C=O) groups excluding carboxylic acids is 1. The molecule has 0 aromatic rings. The molecule has 2 heteroatoms. The van der Waals surface area contributed by atoms with Gasteiger partial charge in [-0.1, -0.05) is 30.6 Å². The van der Waals surface area contributed by atoms with Crippen molar-refractivity contribution in [2.75, 3.05) is 0 Å². The molecule has 5 unspecified atom stereocenters. The molecule has 4 aliphatic rings. The van der Waals surface area contributed by atoms with Crippen LogP contribution >= 0.6 is 0 Å². The highest BCUT2D eigenvalue weighted by Crippen LogP contribution is 2.67. The zero-order valence-electron chi connectivity index (χ0n) is 14.7. The monoisotopic (exact) mass is 324 g/mol. The van der Waals surface area contributed by atoms with Crippen molar-refractivity contribution in [3.05, 3.63) is 23.8 Å². The summed E-state index contributed by atoms with van der Waals surface area (Å²) < 4.78 is 0. The fourth-order valence-corrected chi connectivity index (χ4v) is 6.90. The lowest BCUT2D eigenvalue weighted by Gasteiger charge is -2.56. The molecule has 0 spiro atoms. The van der Waals surface area contributed by atoms with E-state index in [0.29, 0.717) is 35.9 Å². The zero-order chi connectivity index (χ0) is 17.1. The first-order chi connectivity index (χ1) is 11.5. The number of hydrogen-bond donors (Lipinski definition) is 1. The van der Waals surface area contributed by atoms with Crippen LogP contribution < -0.4 is 0 Å². The fourth-order valence-electron chi connectivity index (χ4n) is 6.90. The molecule has 4 aliphatic carbocycles. The molecule has 128 valence electrons. The van der Waals surface area contributed by atoms with E-state index in [1.54, 1.807) is 0 Å². The number of rotatable bonds is 1.